The molecule has 96 valence electrons. The summed E-state index contributed by atoms with van der Waals surface area (Å²) in [6.07, 6.45) is 1.00. The summed E-state index contributed by atoms with van der Waals surface area (Å²) in [5, 5.41) is 3.13. The first-order chi connectivity index (χ1) is 9.25. The molecular formula is C16H15NOS. The van der Waals surface area contributed by atoms with Crippen LogP contribution < -0.4 is 5.32 Å². The van der Waals surface area contributed by atoms with Crippen LogP contribution in [0.3, 0.4) is 0 Å². The predicted octanol–water partition coefficient (Wildman–Crippen LogP) is 4.09. The fourth-order valence-electron chi connectivity index (χ4n) is 1.74. The zero-order valence-corrected chi connectivity index (χ0v) is 11.3. The van der Waals surface area contributed by atoms with Gasteiger partial charge in [0, 0.05) is 24.1 Å². The molecule has 2 rings (SSSR count). The molecule has 2 nitrogen and oxygen atoms in total. The lowest BCUT2D eigenvalue weighted by Gasteiger charge is -2.07. The van der Waals surface area contributed by atoms with Gasteiger partial charge in [0.15, 0.2) is 5.78 Å². The van der Waals surface area contributed by atoms with Gasteiger partial charge < -0.3 is 5.32 Å². The lowest BCUT2D eigenvalue weighted by Crippen LogP contribution is -2.11. The second-order valence-electron chi connectivity index (χ2n) is 4.20. The molecule has 0 amide bonds. The van der Waals surface area contributed by atoms with Crippen LogP contribution in [0.25, 0.3) is 0 Å². The zero-order valence-electron chi connectivity index (χ0n) is 10.5. The van der Waals surface area contributed by atoms with Crippen LogP contribution in [0.1, 0.15) is 23.2 Å². The molecule has 0 saturated carbocycles. The lowest BCUT2D eigenvalue weighted by molar-refractivity contribution is 0.0985. The normalized spacial score (nSPS) is 9.89. The number of nitrogens with one attached hydrogen (secondary N) is 1. The molecule has 2 aromatic rings. The number of benzene rings is 2. The highest BCUT2D eigenvalue weighted by atomic mass is 32.1. The number of ketones is 1. The van der Waals surface area contributed by atoms with Crippen molar-refractivity contribution in [1.82, 2.24) is 0 Å². The maximum absolute atomic E-state index is 11.9. The number of para-hydroxylation sites is 1. The fraction of sp³-hybridized carbons (Fsp3) is 0.125. The minimum absolute atomic E-state index is 0.123. The summed E-state index contributed by atoms with van der Waals surface area (Å²) in [7, 11) is 0. The van der Waals surface area contributed by atoms with Gasteiger partial charge in [0.25, 0.3) is 0 Å². The fourth-order valence-corrected chi connectivity index (χ4v) is 1.96. The molecule has 0 saturated heterocycles. The Morgan fingerprint density at radius 2 is 1.47 bits per heavy atom. The Hall–Kier alpha value is -2.00. The average Bonchev–Trinajstić information content (AvgIpc) is 2.47. The highest BCUT2D eigenvalue weighted by Gasteiger charge is 2.06. The van der Waals surface area contributed by atoms with Crippen LogP contribution in [0.15, 0.2) is 60.7 Å². The van der Waals surface area contributed by atoms with Crippen LogP contribution in [0, 0.1) is 0 Å². The summed E-state index contributed by atoms with van der Waals surface area (Å²) < 4.78 is 0. The molecule has 3 heteroatoms. The molecule has 0 spiro atoms. The first-order valence-electron chi connectivity index (χ1n) is 6.19. The molecule has 0 aliphatic heterocycles. The molecule has 19 heavy (non-hydrogen) atoms. The van der Waals surface area contributed by atoms with Gasteiger partial charge in [-0.2, -0.15) is 0 Å². The Labute approximate surface area is 118 Å². The summed E-state index contributed by atoms with van der Waals surface area (Å²) in [4.78, 5) is 12.6. The molecule has 0 bridgehead atoms. The summed E-state index contributed by atoms with van der Waals surface area (Å²) in [6, 6.07) is 19.0. The molecule has 0 aliphatic carbocycles. The van der Waals surface area contributed by atoms with Crippen LogP contribution >= 0.6 is 12.2 Å². The Bertz CT molecular complexity index is 551. The highest BCUT2D eigenvalue weighted by molar-refractivity contribution is 7.80. The van der Waals surface area contributed by atoms with E-state index in [0.717, 1.165) is 11.3 Å². The van der Waals surface area contributed by atoms with Crippen molar-refractivity contribution in [2.24, 2.45) is 0 Å². The van der Waals surface area contributed by atoms with E-state index in [1.165, 1.54) is 0 Å². The Balaban J connectivity index is 1.83. The first kappa shape index (κ1) is 13.4. The van der Waals surface area contributed by atoms with Gasteiger partial charge in [-0.05, 0) is 12.1 Å². The zero-order chi connectivity index (χ0) is 13.5. The topological polar surface area (TPSA) is 29.1 Å². The summed E-state index contributed by atoms with van der Waals surface area (Å²) in [5.41, 5.74) is 1.70. The summed E-state index contributed by atoms with van der Waals surface area (Å²) in [5.74, 6) is 0.123. The standard InChI is InChI=1S/C16H15NOS/c18-15(13-7-3-1-4-8-13)11-12-16(19)17-14-9-5-2-6-10-14/h1-10H,11-12H2,(H,17,19). The molecule has 0 heterocycles. The van der Waals surface area contributed by atoms with E-state index < -0.39 is 0 Å². The Morgan fingerprint density at radius 3 is 2.11 bits per heavy atom. The van der Waals surface area contributed by atoms with Crippen LogP contribution in [0.5, 0.6) is 0 Å². The SMILES string of the molecule is O=C(CCC(=S)Nc1ccccc1)c1ccccc1. The highest BCUT2D eigenvalue weighted by Crippen LogP contribution is 2.09. The number of thiocarbonyl (C=S) groups is 1. The largest absolute Gasteiger partial charge is 0.350 e. The van der Waals surface area contributed by atoms with E-state index in [2.05, 4.69) is 5.32 Å². The molecule has 0 atom stereocenters. The van der Waals surface area contributed by atoms with Crippen LogP contribution in [-0.2, 0) is 0 Å². The Morgan fingerprint density at radius 1 is 0.895 bits per heavy atom. The van der Waals surface area contributed by atoms with E-state index >= 15 is 0 Å². The smallest absolute Gasteiger partial charge is 0.163 e. The summed E-state index contributed by atoms with van der Waals surface area (Å²) >= 11 is 5.24. The third kappa shape index (κ3) is 4.30. The van der Waals surface area contributed by atoms with E-state index in [9.17, 15) is 4.79 Å². The molecule has 0 aromatic heterocycles. The molecule has 0 fully saturated rings. The van der Waals surface area contributed by atoms with Gasteiger partial charge >= 0.3 is 0 Å². The maximum Gasteiger partial charge on any atom is 0.163 e. The van der Waals surface area contributed by atoms with Crippen molar-refractivity contribution in [2.75, 3.05) is 5.32 Å². The van der Waals surface area contributed by atoms with Gasteiger partial charge in [0.05, 0.1) is 4.99 Å². The third-order valence-electron chi connectivity index (χ3n) is 2.73. The lowest BCUT2D eigenvalue weighted by atomic mass is 10.1. The number of hydrogen-bond acceptors (Lipinski definition) is 2. The van der Waals surface area contributed by atoms with E-state index in [-0.39, 0.29) is 5.78 Å². The van der Waals surface area contributed by atoms with E-state index in [1.54, 1.807) is 0 Å². The van der Waals surface area contributed by atoms with Crippen molar-refractivity contribution in [3.63, 3.8) is 0 Å². The van der Waals surface area contributed by atoms with Gasteiger partial charge in [-0.15, -0.1) is 0 Å². The average molecular weight is 269 g/mol. The van der Waals surface area contributed by atoms with Crippen molar-refractivity contribution in [1.29, 1.82) is 0 Å². The molecule has 2 aromatic carbocycles. The number of anilines is 1. The minimum atomic E-state index is 0.123. The molecule has 0 radical (unpaired) electrons. The monoisotopic (exact) mass is 269 g/mol. The second-order valence-corrected chi connectivity index (χ2v) is 4.70. The number of hydrogen-bond donors (Lipinski definition) is 1. The Kier molecular flexibility index (Phi) is 4.81. The third-order valence-corrected chi connectivity index (χ3v) is 3.04. The number of rotatable bonds is 5. The summed E-state index contributed by atoms with van der Waals surface area (Å²) in [6.45, 7) is 0. The maximum atomic E-state index is 11.9. The van der Waals surface area contributed by atoms with E-state index in [4.69, 9.17) is 12.2 Å². The van der Waals surface area contributed by atoms with E-state index in [1.807, 2.05) is 60.7 Å². The van der Waals surface area contributed by atoms with Crippen molar-refractivity contribution >= 4 is 28.7 Å². The van der Waals surface area contributed by atoms with Crippen LogP contribution in [-0.4, -0.2) is 10.8 Å². The number of carbonyl (C=O) groups is 1. The van der Waals surface area contributed by atoms with Crippen molar-refractivity contribution in [3.05, 3.63) is 66.2 Å². The van der Waals surface area contributed by atoms with Crippen molar-refractivity contribution in [2.45, 2.75) is 12.8 Å². The first-order valence-corrected chi connectivity index (χ1v) is 6.59. The molecule has 0 aliphatic rings. The molecular weight excluding hydrogens is 254 g/mol. The minimum Gasteiger partial charge on any atom is -0.350 e. The van der Waals surface area contributed by atoms with Crippen molar-refractivity contribution < 1.29 is 4.79 Å². The van der Waals surface area contributed by atoms with Crippen LogP contribution in [0.2, 0.25) is 0 Å². The number of Topliss-reactive ketones (excluding diaryl/α,β-unsaturated/α-hetero) is 1. The number of carbonyl (C=O) groups excluding carboxylic acids is 1. The van der Waals surface area contributed by atoms with Gasteiger partial charge in [0.1, 0.15) is 0 Å². The van der Waals surface area contributed by atoms with Gasteiger partial charge in [-0.1, -0.05) is 60.7 Å². The quantitative estimate of drug-likeness (QED) is 0.655. The predicted molar refractivity (Wildman–Crippen MR) is 82.7 cm³/mol. The van der Waals surface area contributed by atoms with Crippen molar-refractivity contribution in [3.8, 4) is 0 Å². The van der Waals surface area contributed by atoms with E-state index in [0.29, 0.717) is 17.8 Å². The molecule has 0 unspecified atom stereocenters. The second kappa shape index (κ2) is 6.81. The molecule has 1 N–H and O–H groups in total. The van der Waals surface area contributed by atoms with Crippen LogP contribution in [0.4, 0.5) is 5.69 Å². The van der Waals surface area contributed by atoms with Gasteiger partial charge in [-0.3, -0.25) is 4.79 Å². The van der Waals surface area contributed by atoms with Gasteiger partial charge in [0.2, 0.25) is 0 Å². The van der Waals surface area contributed by atoms with Gasteiger partial charge in [-0.25, -0.2) is 0 Å².